The van der Waals surface area contributed by atoms with Crippen LogP contribution >= 0.6 is 11.3 Å². The summed E-state index contributed by atoms with van der Waals surface area (Å²) in [4.78, 5) is 27.1. The van der Waals surface area contributed by atoms with E-state index in [9.17, 15) is 9.59 Å². The second kappa shape index (κ2) is 5.27. The normalized spacial score (nSPS) is 12.9. The van der Waals surface area contributed by atoms with Crippen LogP contribution in [0.5, 0.6) is 0 Å². The minimum absolute atomic E-state index is 0.311. The molecule has 0 radical (unpaired) electrons. The van der Waals surface area contributed by atoms with Crippen LogP contribution in [-0.2, 0) is 9.53 Å². The summed E-state index contributed by atoms with van der Waals surface area (Å²) in [5.74, 6) is -0.828. The van der Waals surface area contributed by atoms with Gasteiger partial charge in [-0.3, -0.25) is 4.79 Å². The second-order valence-electron chi connectivity index (χ2n) is 4.60. The summed E-state index contributed by atoms with van der Waals surface area (Å²) in [6.45, 7) is 6.91. The molecule has 17 heavy (non-hydrogen) atoms. The van der Waals surface area contributed by atoms with Crippen molar-refractivity contribution in [1.82, 2.24) is 10.3 Å². The first kappa shape index (κ1) is 13.6. The molecule has 0 aliphatic heterocycles. The van der Waals surface area contributed by atoms with Crippen molar-refractivity contribution in [3.63, 3.8) is 0 Å². The van der Waals surface area contributed by atoms with Gasteiger partial charge in [0.2, 0.25) is 0 Å². The lowest BCUT2D eigenvalue weighted by molar-refractivity contribution is -0.156. The van der Waals surface area contributed by atoms with Gasteiger partial charge in [0.05, 0.1) is 5.51 Å². The quantitative estimate of drug-likeness (QED) is 0.834. The second-order valence-corrected chi connectivity index (χ2v) is 5.32. The van der Waals surface area contributed by atoms with Crippen LogP contribution < -0.4 is 5.32 Å². The van der Waals surface area contributed by atoms with E-state index in [1.807, 2.05) is 0 Å². The topological polar surface area (TPSA) is 68.3 Å². The minimum atomic E-state index is -0.691. The molecule has 0 spiro atoms. The fourth-order valence-electron chi connectivity index (χ4n) is 1.04. The van der Waals surface area contributed by atoms with Gasteiger partial charge < -0.3 is 10.1 Å². The molecule has 0 saturated carbocycles. The molecular formula is C11H16N2O3S. The Morgan fingerprint density at radius 3 is 2.59 bits per heavy atom. The van der Waals surface area contributed by atoms with Crippen LogP contribution in [-0.4, -0.2) is 28.5 Å². The van der Waals surface area contributed by atoms with Crippen LogP contribution in [0.15, 0.2) is 10.9 Å². The lowest BCUT2D eigenvalue weighted by atomic mass is 10.2. The molecule has 1 amide bonds. The van der Waals surface area contributed by atoms with Crippen LogP contribution in [0, 0.1) is 0 Å². The molecule has 0 aliphatic carbocycles. The number of carbonyl (C=O) groups excluding carboxylic acids is 2. The molecule has 1 atom stereocenters. The fraction of sp³-hybridized carbons (Fsp3) is 0.545. The van der Waals surface area contributed by atoms with Crippen LogP contribution in [0.2, 0.25) is 0 Å². The molecule has 5 nitrogen and oxygen atoms in total. The third kappa shape index (κ3) is 4.52. The number of nitrogens with zero attached hydrogens (tertiary/aromatic N) is 1. The zero-order valence-electron chi connectivity index (χ0n) is 10.3. The Balaban J connectivity index is 2.52. The van der Waals surface area contributed by atoms with Gasteiger partial charge in [0.15, 0.2) is 0 Å². The molecule has 6 heteroatoms. The maximum atomic E-state index is 11.6. The average molecular weight is 256 g/mol. The molecule has 0 unspecified atom stereocenters. The van der Waals surface area contributed by atoms with Crippen molar-refractivity contribution in [2.45, 2.75) is 39.3 Å². The molecular weight excluding hydrogens is 240 g/mol. The van der Waals surface area contributed by atoms with Crippen LogP contribution in [0.1, 0.15) is 38.2 Å². The Kier molecular flexibility index (Phi) is 4.22. The smallest absolute Gasteiger partial charge is 0.328 e. The Morgan fingerprint density at radius 2 is 2.12 bits per heavy atom. The molecule has 1 N–H and O–H groups in total. The van der Waals surface area contributed by atoms with E-state index in [0.717, 1.165) is 0 Å². The highest BCUT2D eigenvalue weighted by atomic mass is 32.1. The highest BCUT2D eigenvalue weighted by molar-refractivity contribution is 7.07. The standard InChI is InChI=1S/C11H16N2O3S/c1-7(10(15)16-11(2,3)4)13-9(14)8-5-17-6-12-8/h5-7H,1-4H3,(H,13,14)/t7-/m0/s1. The van der Waals surface area contributed by atoms with E-state index < -0.39 is 17.6 Å². The predicted octanol–water partition coefficient (Wildman–Crippen LogP) is 1.60. The Labute approximate surface area is 104 Å². The average Bonchev–Trinajstić information content (AvgIpc) is 2.67. The molecule has 0 aromatic carbocycles. The van der Waals surface area contributed by atoms with Crippen LogP contribution in [0.25, 0.3) is 0 Å². The Hall–Kier alpha value is -1.43. The highest BCUT2D eigenvalue weighted by Gasteiger charge is 2.23. The van der Waals surface area contributed by atoms with Crippen molar-refractivity contribution >= 4 is 23.2 Å². The maximum Gasteiger partial charge on any atom is 0.328 e. The van der Waals surface area contributed by atoms with E-state index in [2.05, 4.69) is 10.3 Å². The summed E-state index contributed by atoms with van der Waals surface area (Å²) < 4.78 is 5.15. The van der Waals surface area contributed by atoms with E-state index >= 15 is 0 Å². The molecule has 1 heterocycles. The minimum Gasteiger partial charge on any atom is -0.458 e. The first-order valence-electron chi connectivity index (χ1n) is 5.21. The summed E-state index contributed by atoms with van der Waals surface area (Å²) in [6.07, 6.45) is 0. The first-order chi connectivity index (χ1) is 7.79. The van der Waals surface area contributed by atoms with Gasteiger partial charge in [-0.1, -0.05) is 0 Å². The number of esters is 1. The number of amides is 1. The van der Waals surface area contributed by atoms with Gasteiger partial charge in [-0.15, -0.1) is 11.3 Å². The molecule has 0 saturated heterocycles. The summed E-state index contributed by atoms with van der Waals surface area (Å²) >= 11 is 1.33. The van der Waals surface area contributed by atoms with Gasteiger partial charge in [-0.2, -0.15) is 0 Å². The number of hydrogen-bond donors (Lipinski definition) is 1. The van der Waals surface area contributed by atoms with Crippen molar-refractivity contribution in [3.05, 3.63) is 16.6 Å². The third-order valence-corrected chi connectivity index (χ3v) is 2.36. The Bertz CT molecular complexity index is 395. The number of rotatable bonds is 3. The number of ether oxygens (including phenoxy) is 1. The van der Waals surface area contributed by atoms with Crippen molar-refractivity contribution in [2.75, 3.05) is 0 Å². The molecule has 0 aliphatic rings. The molecule has 94 valence electrons. The van der Waals surface area contributed by atoms with Gasteiger partial charge in [-0.05, 0) is 27.7 Å². The monoisotopic (exact) mass is 256 g/mol. The first-order valence-corrected chi connectivity index (χ1v) is 6.16. The van der Waals surface area contributed by atoms with Gasteiger partial charge in [0, 0.05) is 5.38 Å². The molecule has 1 aromatic rings. The highest BCUT2D eigenvalue weighted by Crippen LogP contribution is 2.08. The van der Waals surface area contributed by atoms with Crippen LogP contribution in [0.3, 0.4) is 0 Å². The van der Waals surface area contributed by atoms with E-state index in [-0.39, 0.29) is 5.91 Å². The largest absolute Gasteiger partial charge is 0.458 e. The molecule has 1 aromatic heterocycles. The maximum absolute atomic E-state index is 11.6. The van der Waals surface area contributed by atoms with Gasteiger partial charge in [0.1, 0.15) is 17.3 Å². The SMILES string of the molecule is C[C@H](NC(=O)c1cscn1)C(=O)OC(C)(C)C. The van der Waals surface area contributed by atoms with E-state index in [4.69, 9.17) is 4.74 Å². The predicted molar refractivity (Wildman–Crippen MR) is 64.9 cm³/mol. The number of nitrogens with one attached hydrogen (secondary N) is 1. The third-order valence-electron chi connectivity index (χ3n) is 1.77. The van der Waals surface area contributed by atoms with Crippen LogP contribution in [0.4, 0.5) is 0 Å². The molecule has 0 fully saturated rings. The summed E-state index contributed by atoms with van der Waals surface area (Å²) in [7, 11) is 0. The number of aromatic nitrogens is 1. The summed E-state index contributed by atoms with van der Waals surface area (Å²) in [5, 5.41) is 4.16. The van der Waals surface area contributed by atoms with Crippen molar-refractivity contribution < 1.29 is 14.3 Å². The van der Waals surface area contributed by atoms with E-state index in [1.165, 1.54) is 11.3 Å². The lowest BCUT2D eigenvalue weighted by Crippen LogP contribution is -2.42. The fourth-order valence-corrected chi connectivity index (χ4v) is 1.58. The zero-order chi connectivity index (χ0) is 13.1. The van der Waals surface area contributed by atoms with E-state index in [1.54, 1.807) is 38.6 Å². The van der Waals surface area contributed by atoms with Crippen molar-refractivity contribution in [3.8, 4) is 0 Å². The molecule has 1 rings (SSSR count). The number of thiazole rings is 1. The van der Waals surface area contributed by atoms with Crippen molar-refractivity contribution in [2.24, 2.45) is 0 Å². The van der Waals surface area contributed by atoms with Crippen molar-refractivity contribution in [1.29, 1.82) is 0 Å². The summed E-state index contributed by atoms with van der Waals surface area (Å²) in [5.41, 5.74) is 1.31. The zero-order valence-corrected chi connectivity index (χ0v) is 11.1. The molecule has 0 bridgehead atoms. The van der Waals surface area contributed by atoms with Gasteiger partial charge >= 0.3 is 5.97 Å². The number of carbonyl (C=O) groups is 2. The van der Waals surface area contributed by atoms with Gasteiger partial charge in [-0.25, -0.2) is 9.78 Å². The number of hydrogen-bond acceptors (Lipinski definition) is 5. The van der Waals surface area contributed by atoms with Gasteiger partial charge in [0.25, 0.3) is 5.91 Å². The Morgan fingerprint density at radius 1 is 1.47 bits per heavy atom. The lowest BCUT2D eigenvalue weighted by Gasteiger charge is -2.22. The van der Waals surface area contributed by atoms with E-state index in [0.29, 0.717) is 5.69 Å². The summed E-state index contributed by atoms with van der Waals surface area (Å²) in [6, 6.07) is -0.691.